The van der Waals surface area contributed by atoms with Gasteiger partial charge in [0.1, 0.15) is 0 Å². The van der Waals surface area contributed by atoms with Crippen LogP contribution in [0.2, 0.25) is 0 Å². The van der Waals surface area contributed by atoms with Crippen LogP contribution >= 0.6 is 0 Å². The molecule has 1 heterocycles. The van der Waals surface area contributed by atoms with Crippen molar-refractivity contribution in [2.45, 2.75) is 56.0 Å². The van der Waals surface area contributed by atoms with Crippen LogP contribution in [-0.4, -0.2) is 40.7 Å². The fourth-order valence-corrected chi connectivity index (χ4v) is 3.51. The fourth-order valence-electron chi connectivity index (χ4n) is 3.51. The summed E-state index contributed by atoms with van der Waals surface area (Å²) in [7, 11) is 2.27. The molecule has 0 saturated heterocycles. The molecular formula is C16H24N2O. The minimum atomic E-state index is -0.0951. The lowest BCUT2D eigenvalue weighted by atomic mass is 9.70. The van der Waals surface area contributed by atoms with Crippen LogP contribution < -0.4 is 0 Å². The summed E-state index contributed by atoms with van der Waals surface area (Å²) in [6.45, 7) is 0.226. The highest BCUT2D eigenvalue weighted by atomic mass is 16.3. The van der Waals surface area contributed by atoms with E-state index in [0.29, 0.717) is 6.04 Å². The first-order chi connectivity index (χ1) is 9.25. The summed E-state index contributed by atoms with van der Waals surface area (Å²) >= 11 is 0. The first kappa shape index (κ1) is 13.1. The third-order valence-electron chi connectivity index (χ3n) is 5.12. The Hall–Kier alpha value is -0.930. The Kier molecular flexibility index (Phi) is 3.59. The second-order valence-electron chi connectivity index (χ2n) is 6.28. The first-order valence-electron chi connectivity index (χ1n) is 7.49. The standard InChI is InChI=1S/C16H24N2O/c1-18(13-5-6-13)14-7-9-16(12-19,10-8-14)15-4-2-3-11-17-15/h2-4,11,13-14,19H,5-10,12H2,1H3. The quantitative estimate of drug-likeness (QED) is 0.903. The molecule has 2 aliphatic rings. The largest absolute Gasteiger partial charge is 0.395 e. The van der Waals surface area contributed by atoms with E-state index in [1.807, 2.05) is 18.3 Å². The number of nitrogens with zero attached hydrogens (tertiary/aromatic N) is 2. The Bertz CT molecular complexity index is 408. The zero-order valence-corrected chi connectivity index (χ0v) is 11.8. The average molecular weight is 260 g/mol. The Morgan fingerprint density at radius 2 is 1.89 bits per heavy atom. The molecule has 0 unspecified atom stereocenters. The van der Waals surface area contributed by atoms with Crippen molar-refractivity contribution in [2.24, 2.45) is 0 Å². The Labute approximate surface area is 115 Å². The fraction of sp³-hybridized carbons (Fsp3) is 0.688. The van der Waals surface area contributed by atoms with Crippen molar-refractivity contribution in [3.63, 3.8) is 0 Å². The van der Waals surface area contributed by atoms with E-state index in [1.54, 1.807) is 0 Å². The van der Waals surface area contributed by atoms with Gasteiger partial charge in [0.2, 0.25) is 0 Å². The first-order valence-corrected chi connectivity index (χ1v) is 7.49. The van der Waals surface area contributed by atoms with E-state index in [-0.39, 0.29) is 12.0 Å². The highest BCUT2D eigenvalue weighted by molar-refractivity contribution is 5.18. The Morgan fingerprint density at radius 3 is 2.42 bits per heavy atom. The normalized spacial score (nSPS) is 31.6. The molecule has 0 aliphatic heterocycles. The monoisotopic (exact) mass is 260 g/mol. The minimum Gasteiger partial charge on any atom is -0.395 e. The third kappa shape index (κ3) is 2.54. The molecule has 0 aromatic carbocycles. The van der Waals surface area contributed by atoms with Gasteiger partial charge in [-0.3, -0.25) is 4.98 Å². The molecule has 0 radical (unpaired) electrons. The molecule has 0 atom stereocenters. The highest BCUT2D eigenvalue weighted by Gasteiger charge is 2.40. The molecule has 2 aliphatic carbocycles. The molecule has 1 aromatic rings. The highest BCUT2D eigenvalue weighted by Crippen LogP contribution is 2.41. The topological polar surface area (TPSA) is 36.4 Å². The SMILES string of the molecule is CN(C1CC1)C1CCC(CO)(c2ccccn2)CC1. The summed E-state index contributed by atoms with van der Waals surface area (Å²) in [5.41, 5.74) is 0.979. The summed E-state index contributed by atoms with van der Waals surface area (Å²) in [6, 6.07) is 7.59. The second-order valence-corrected chi connectivity index (χ2v) is 6.28. The van der Waals surface area contributed by atoms with Crippen molar-refractivity contribution in [3.8, 4) is 0 Å². The van der Waals surface area contributed by atoms with Gasteiger partial charge in [-0.2, -0.15) is 0 Å². The molecule has 0 bridgehead atoms. The van der Waals surface area contributed by atoms with Crippen molar-refractivity contribution in [3.05, 3.63) is 30.1 Å². The van der Waals surface area contributed by atoms with Crippen LogP contribution in [0.5, 0.6) is 0 Å². The van der Waals surface area contributed by atoms with Crippen LogP contribution in [0.4, 0.5) is 0 Å². The van der Waals surface area contributed by atoms with Gasteiger partial charge in [0.25, 0.3) is 0 Å². The maximum atomic E-state index is 9.89. The minimum absolute atomic E-state index is 0.0951. The molecule has 1 N–H and O–H groups in total. The van der Waals surface area contributed by atoms with Gasteiger partial charge < -0.3 is 10.0 Å². The summed E-state index contributed by atoms with van der Waals surface area (Å²) in [5, 5.41) is 9.89. The van der Waals surface area contributed by atoms with Crippen LogP contribution in [0.25, 0.3) is 0 Å². The van der Waals surface area contributed by atoms with Crippen molar-refractivity contribution < 1.29 is 5.11 Å². The van der Waals surface area contributed by atoms with Gasteiger partial charge in [-0.25, -0.2) is 0 Å². The van der Waals surface area contributed by atoms with Gasteiger partial charge in [0, 0.05) is 29.4 Å². The number of hydrogen-bond acceptors (Lipinski definition) is 3. The number of aromatic nitrogens is 1. The molecule has 2 saturated carbocycles. The number of aliphatic hydroxyl groups is 1. The number of rotatable bonds is 4. The van der Waals surface area contributed by atoms with E-state index < -0.39 is 0 Å². The molecule has 3 rings (SSSR count). The lowest BCUT2D eigenvalue weighted by molar-refractivity contribution is 0.0957. The molecule has 0 amide bonds. The van der Waals surface area contributed by atoms with Gasteiger partial charge in [-0.05, 0) is 57.7 Å². The van der Waals surface area contributed by atoms with Crippen molar-refractivity contribution >= 4 is 0 Å². The van der Waals surface area contributed by atoms with E-state index in [1.165, 1.54) is 25.7 Å². The van der Waals surface area contributed by atoms with Crippen LogP contribution in [0.15, 0.2) is 24.4 Å². The Morgan fingerprint density at radius 1 is 1.21 bits per heavy atom. The van der Waals surface area contributed by atoms with E-state index in [0.717, 1.165) is 24.6 Å². The molecule has 3 heteroatoms. The molecule has 0 spiro atoms. The van der Waals surface area contributed by atoms with Gasteiger partial charge in [0.15, 0.2) is 0 Å². The molecule has 3 nitrogen and oxygen atoms in total. The Balaban J connectivity index is 1.69. The van der Waals surface area contributed by atoms with E-state index in [2.05, 4.69) is 23.0 Å². The third-order valence-corrected chi connectivity index (χ3v) is 5.12. The summed E-state index contributed by atoms with van der Waals surface area (Å²) in [5.74, 6) is 0. The predicted octanol–water partition coefficient (Wildman–Crippen LogP) is 2.35. The number of pyridine rings is 1. The lowest BCUT2D eigenvalue weighted by Gasteiger charge is -2.41. The van der Waals surface area contributed by atoms with Crippen LogP contribution in [0.3, 0.4) is 0 Å². The predicted molar refractivity (Wildman–Crippen MR) is 76.0 cm³/mol. The zero-order chi connectivity index (χ0) is 13.3. The zero-order valence-electron chi connectivity index (χ0n) is 11.8. The van der Waals surface area contributed by atoms with Gasteiger partial charge >= 0.3 is 0 Å². The smallest absolute Gasteiger partial charge is 0.0543 e. The maximum absolute atomic E-state index is 9.89. The molecule has 2 fully saturated rings. The van der Waals surface area contributed by atoms with E-state index in [4.69, 9.17) is 0 Å². The van der Waals surface area contributed by atoms with Crippen LogP contribution in [0.1, 0.15) is 44.2 Å². The maximum Gasteiger partial charge on any atom is 0.0543 e. The van der Waals surface area contributed by atoms with Crippen molar-refractivity contribution in [2.75, 3.05) is 13.7 Å². The van der Waals surface area contributed by atoms with Crippen molar-refractivity contribution in [1.29, 1.82) is 0 Å². The van der Waals surface area contributed by atoms with E-state index in [9.17, 15) is 5.11 Å². The summed E-state index contributed by atoms with van der Waals surface area (Å²) in [6.07, 6.45) is 9.07. The van der Waals surface area contributed by atoms with Crippen LogP contribution in [-0.2, 0) is 5.41 Å². The molecular weight excluding hydrogens is 236 g/mol. The number of aliphatic hydroxyl groups excluding tert-OH is 1. The van der Waals surface area contributed by atoms with E-state index >= 15 is 0 Å². The second kappa shape index (κ2) is 5.22. The van der Waals surface area contributed by atoms with Gasteiger partial charge in [0.05, 0.1) is 6.61 Å². The summed E-state index contributed by atoms with van der Waals surface area (Å²) in [4.78, 5) is 7.06. The summed E-state index contributed by atoms with van der Waals surface area (Å²) < 4.78 is 0. The average Bonchev–Trinajstić information content (AvgIpc) is 3.32. The van der Waals surface area contributed by atoms with Gasteiger partial charge in [-0.15, -0.1) is 0 Å². The van der Waals surface area contributed by atoms with Gasteiger partial charge in [-0.1, -0.05) is 6.07 Å². The molecule has 1 aromatic heterocycles. The number of hydrogen-bond donors (Lipinski definition) is 1. The molecule has 19 heavy (non-hydrogen) atoms. The molecule has 104 valence electrons. The van der Waals surface area contributed by atoms with Crippen molar-refractivity contribution in [1.82, 2.24) is 9.88 Å². The van der Waals surface area contributed by atoms with Crippen LogP contribution in [0, 0.1) is 0 Å². The lowest BCUT2D eigenvalue weighted by Crippen LogP contribution is -2.43.